The van der Waals surface area contributed by atoms with Gasteiger partial charge in [-0.2, -0.15) is 0 Å². The van der Waals surface area contributed by atoms with Gasteiger partial charge in [-0.3, -0.25) is 19.2 Å². The maximum atomic E-state index is 14.3. The molecule has 2 bridgehead atoms. The predicted octanol–water partition coefficient (Wildman–Crippen LogP) is 4.10. The minimum Gasteiger partial charge on any atom is -0.484 e. The number of amides is 4. The highest BCUT2D eigenvalue weighted by Gasteiger charge is 2.32. The largest absolute Gasteiger partial charge is 0.484 e. The van der Waals surface area contributed by atoms with Gasteiger partial charge in [-0.15, -0.1) is 11.3 Å². The first-order valence-corrected chi connectivity index (χ1v) is 18.4. The molecular weight excluding hydrogens is 705 g/mol. The van der Waals surface area contributed by atoms with Gasteiger partial charge in [0.2, 0.25) is 17.7 Å². The van der Waals surface area contributed by atoms with E-state index in [1.807, 2.05) is 78.2 Å². The molecule has 4 amide bonds. The number of carboxylic acids is 1. The van der Waals surface area contributed by atoms with Crippen LogP contribution in [0, 0.1) is 0 Å². The lowest BCUT2D eigenvalue weighted by atomic mass is 9.99. The molecule has 11 nitrogen and oxygen atoms in total. The number of carbonyl (C=O) groups is 5. The van der Waals surface area contributed by atoms with Crippen molar-refractivity contribution < 1.29 is 33.8 Å². The number of aliphatic carboxylic acids is 1. The Labute approximate surface area is 316 Å². The number of rotatable bonds is 8. The van der Waals surface area contributed by atoms with E-state index >= 15 is 0 Å². The zero-order valence-corrected chi connectivity index (χ0v) is 30.1. The van der Waals surface area contributed by atoms with Crippen LogP contribution in [0.5, 0.6) is 5.75 Å². The van der Waals surface area contributed by atoms with Crippen molar-refractivity contribution in [1.82, 2.24) is 21.3 Å². The monoisotopic (exact) mass is 744 g/mol. The first-order chi connectivity index (χ1) is 26.2. The summed E-state index contributed by atoms with van der Waals surface area (Å²) in [6.45, 7) is -0.389. The standard InChI is InChI=1S/C42H40N4O7S/c47-38-26-53-32-19-15-29(16-20-32)24-37(42(51)52)46-40(49)34(22-27-8-3-1-4-9-27)44-39(48)35(45-41(50)36(43-38)25-33-12-7-21-54-33)23-28-13-17-31(18-14-28)30-10-5-2-6-11-30/h1-21,34-37H,22-26H2,(H,43,47)(H,44,48)(H,45,50)(H,46,49)(H,51,52)/t34-,35-,36+,37+/m1/s1. The highest BCUT2D eigenvalue weighted by molar-refractivity contribution is 7.09. The number of fused-ring (bicyclic) bond motifs is 16. The van der Waals surface area contributed by atoms with E-state index in [0.29, 0.717) is 11.3 Å². The number of hydrogen-bond acceptors (Lipinski definition) is 7. The molecule has 2 aliphatic rings. The van der Waals surface area contributed by atoms with Crippen LogP contribution in [0.25, 0.3) is 11.1 Å². The van der Waals surface area contributed by atoms with Crippen molar-refractivity contribution in [1.29, 1.82) is 0 Å². The molecule has 0 spiro atoms. The summed E-state index contributed by atoms with van der Waals surface area (Å²) >= 11 is 1.43. The predicted molar refractivity (Wildman–Crippen MR) is 205 cm³/mol. The zero-order chi connectivity index (χ0) is 37.9. The van der Waals surface area contributed by atoms with E-state index in [9.17, 15) is 29.1 Å². The molecule has 54 heavy (non-hydrogen) atoms. The third-order valence-corrected chi connectivity index (χ3v) is 9.93. The molecular formula is C42H40N4O7S. The minimum atomic E-state index is -1.32. The Kier molecular flexibility index (Phi) is 12.5. The van der Waals surface area contributed by atoms with E-state index < -0.39 is 53.8 Å². The molecule has 4 atom stereocenters. The minimum absolute atomic E-state index is 0.0457. The van der Waals surface area contributed by atoms with Crippen molar-refractivity contribution in [2.75, 3.05) is 6.61 Å². The Bertz CT molecular complexity index is 2040. The van der Waals surface area contributed by atoms with Crippen LogP contribution in [0.4, 0.5) is 0 Å². The van der Waals surface area contributed by atoms with Crippen molar-refractivity contribution in [3.63, 3.8) is 0 Å². The molecule has 0 unspecified atom stereocenters. The Morgan fingerprint density at radius 2 is 1.17 bits per heavy atom. The molecule has 0 saturated heterocycles. The highest BCUT2D eigenvalue weighted by Crippen LogP contribution is 2.21. The molecule has 0 saturated carbocycles. The fraction of sp³-hybridized carbons (Fsp3) is 0.214. The van der Waals surface area contributed by atoms with Crippen LogP contribution in [-0.4, -0.2) is 65.5 Å². The van der Waals surface area contributed by atoms with Gasteiger partial charge in [0, 0.05) is 30.6 Å². The maximum Gasteiger partial charge on any atom is 0.326 e. The number of hydrogen-bond donors (Lipinski definition) is 5. The van der Waals surface area contributed by atoms with Crippen LogP contribution >= 0.6 is 11.3 Å². The number of carboxylic acid groups (broad SMARTS) is 1. The van der Waals surface area contributed by atoms with E-state index in [4.69, 9.17) is 4.74 Å². The summed E-state index contributed by atoms with van der Waals surface area (Å²) in [6, 6.07) is 31.9. The first kappa shape index (κ1) is 37.5. The van der Waals surface area contributed by atoms with E-state index in [1.165, 1.54) is 11.3 Å². The molecule has 276 valence electrons. The molecule has 3 heterocycles. The van der Waals surface area contributed by atoms with Crippen molar-refractivity contribution in [2.24, 2.45) is 0 Å². The summed E-state index contributed by atoms with van der Waals surface area (Å²) in [6.07, 6.45) is 0.233. The van der Waals surface area contributed by atoms with Crippen LogP contribution in [0.1, 0.15) is 21.6 Å². The Morgan fingerprint density at radius 1 is 0.611 bits per heavy atom. The summed E-state index contributed by atoms with van der Waals surface area (Å²) < 4.78 is 5.68. The van der Waals surface area contributed by atoms with Crippen molar-refractivity contribution >= 4 is 40.9 Å². The second kappa shape index (κ2) is 18.0. The van der Waals surface area contributed by atoms with Gasteiger partial charge in [0.1, 0.15) is 29.9 Å². The summed E-state index contributed by atoms with van der Waals surface area (Å²) in [7, 11) is 0. The van der Waals surface area contributed by atoms with Crippen molar-refractivity contribution in [2.45, 2.75) is 49.9 Å². The summed E-state index contributed by atoms with van der Waals surface area (Å²) in [5.74, 6) is -3.39. The van der Waals surface area contributed by atoms with Gasteiger partial charge in [0.05, 0.1) is 0 Å². The summed E-state index contributed by atoms with van der Waals surface area (Å²) in [5.41, 5.74) is 4.06. The van der Waals surface area contributed by atoms with Gasteiger partial charge in [-0.05, 0) is 51.4 Å². The average Bonchev–Trinajstić information content (AvgIpc) is 3.70. The zero-order valence-electron chi connectivity index (χ0n) is 29.3. The van der Waals surface area contributed by atoms with Crippen LogP contribution in [0.3, 0.4) is 0 Å². The van der Waals surface area contributed by atoms with E-state index in [-0.39, 0.29) is 32.3 Å². The van der Waals surface area contributed by atoms with Crippen molar-refractivity contribution in [3.05, 3.63) is 148 Å². The number of benzene rings is 4. The smallest absolute Gasteiger partial charge is 0.326 e. The number of thiophene rings is 1. The normalized spacial score (nSPS) is 19.9. The lowest BCUT2D eigenvalue weighted by Crippen LogP contribution is -2.59. The second-order valence-corrected chi connectivity index (χ2v) is 14.1. The SMILES string of the molecule is O=C1COc2ccc(cc2)C[C@@H](C(=O)O)NC(=O)[C@@H](Cc2ccccc2)NC(=O)[C@@H](Cc2ccc(-c3ccccc3)cc2)NC(=O)[C@H](Cc2cccs2)N1. The number of nitrogens with one attached hydrogen (secondary N) is 4. The van der Waals surface area contributed by atoms with Gasteiger partial charge in [0.15, 0.2) is 6.61 Å². The number of carbonyl (C=O) groups excluding carboxylic acids is 4. The van der Waals surface area contributed by atoms with E-state index in [1.54, 1.807) is 48.5 Å². The Hall–Kier alpha value is -6.27. The van der Waals surface area contributed by atoms with Crippen LogP contribution in [0.15, 0.2) is 127 Å². The van der Waals surface area contributed by atoms with E-state index in [0.717, 1.165) is 27.1 Å². The first-order valence-electron chi connectivity index (χ1n) is 17.6. The number of ether oxygens (including phenoxy) is 1. The van der Waals surface area contributed by atoms with Gasteiger partial charge in [-0.25, -0.2) is 4.79 Å². The molecule has 0 radical (unpaired) electrons. The second-order valence-electron chi connectivity index (χ2n) is 13.0. The molecule has 0 fully saturated rings. The third-order valence-electron chi connectivity index (χ3n) is 9.03. The van der Waals surface area contributed by atoms with Gasteiger partial charge >= 0.3 is 5.97 Å². The maximum absolute atomic E-state index is 14.3. The molecule has 5 N–H and O–H groups in total. The van der Waals surface area contributed by atoms with Crippen LogP contribution in [-0.2, 0) is 49.7 Å². The third kappa shape index (κ3) is 10.4. The molecule has 5 aromatic rings. The summed E-state index contributed by atoms with van der Waals surface area (Å²) in [4.78, 5) is 68.6. The molecule has 7 rings (SSSR count). The lowest BCUT2D eigenvalue weighted by molar-refractivity contribution is -0.142. The molecule has 0 aliphatic carbocycles. The van der Waals surface area contributed by atoms with E-state index in [2.05, 4.69) is 21.3 Å². The quantitative estimate of drug-likeness (QED) is 0.150. The Morgan fingerprint density at radius 3 is 1.76 bits per heavy atom. The molecule has 2 aliphatic heterocycles. The molecule has 4 aromatic carbocycles. The average molecular weight is 745 g/mol. The van der Waals surface area contributed by atoms with Crippen molar-refractivity contribution in [3.8, 4) is 16.9 Å². The Balaban J connectivity index is 1.34. The fourth-order valence-corrected chi connectivity index (χ4v) is 6.92. The van der Waals surface area contributed by atoms with Crippen LogP contribution < -0.4 is 26.0 Å². The topological polar surface area (TPSA) is 163 Å². The lowest BCUT2D eigenvalue weighted by Gasteiger charge is -2.26. The van der Waals surface area contributed by atoms with Crippen LogP contribution in [0.2, 0.25) is 0 Å². The van der Waals surface area contributed by atoms with Gasteiger partial charge in [-0.1, -0.05) is 103 Å². The molecule has 12 heteroatoms. The molecule has 1 aromatic heterocycles. The summed E-state index contributed by atoms with van der Waals surface area (Å²) in [5, 5.41) is 23.0. The van der Waals surface area contributed by atoms with Gasteiger partial charge in [0.25, 0.3) is 5.91 Å². The fourth-order valence-electron chi connectivity index (χ4n) is 6.17. The van der Waals surface area contributed by atoms with Gasteiger partial charge < -0.3 is 31.1 Å². The highest BCUT2D eigenvalue weighted by atomic mass is 32.1.